The molecule has 2 atom stereocenters. The second-order valence-electron chi connectivity index (χ2n) is 5.29. The van der Waals surface area contributed by atoms with Gasteiger partial charge in [0.2, 0.25) is 0 Å². The number of hydrogen-bond donors (Lipinski definition) is 0. The largest absolute Gasteiger partial charge is 0.376 e. The number of ether oxygens (including phenoxy) is 2. The minimum atomic E-state index is 0.137. The molecule has 0 aromatic rings. The molecule has 2 nitrogen and oxygen atoms in total. The molecule has 0 saturated heterocycles. The van der Waals surface area contributed by atoms with Crippen molar-refractivity contribution in [2.75, 3.05) is 17.6 Å². The van der Waals surface area contributed by atoms with E-state index in [0.29, 0.717) is 6.10 Å². The Bertz CT molecular complexity index is 196. The van der Waals surface area contributed by atoms with Crippen LogP contribution in [-0.2, 0) is 9.47 Å². The van der Waals surface area contributed by atoms with Crippen LogP contribution in [0.15, 0.2) is 0 Å². The molecule has 0 radical (unpaired) electrons. The first-order chi connectivity index (χ1) is 7.58. The van der Waals surface area contributed by atoms with Crippen molar-refractivity contribution in [3.8, 4) is 0 Å². The highest BCUT2D eigenvalue weighted by atomic mass is 127. The van der Waals surface area contributed by atoms with Crippen molar-refractivity contribution >= 4 is 22.6 Å². The number of hydrogen-bond acceptors (Lipinski definition) is 2. The maximum atomic E-state index is 6.11. The van der Waals surface area contributed by atoms with Crippen molar-refractivity contribution in [1.29, 1.82) is 0 Å². The summed E-state index contributed by atoms with van der Waals surface area (Å²) in [5.74, 6) is 0.814. The molecule has 1 rings (SSSR count). The van der Waals surface area contributed by atoms with Gasteiger partial charge in [0.15, 0.2) is 0 Å². The third-order valence-corrected chi connectivity index (χ3v) is 4.63. The van der Waals surface area contributed by atoms with Crippen molar-refractivity contribution in [2.24, 2.45) is 5.92 Å². The van der Waals surface area contributed by atoms with E-state index in [4.69, 9.17) is 9.47 Å². The predicted octanol–water partition coefficient (Wildman–Crippen LogP) is 3.81. The highest BCUT2D eigenvalue weighted by Crippen LogP contribution is 2.36. The molecule has 1 fully saturated rings. The first-order valence-corrected chi connectivity index (χ1v) is 7.92. The fourth-order valence-electron chi connectivity index (χ4n) is 2.44. The summed E-state index contributed by atoms with van der Waals surface area (Å²) in [4.78, 5) is 0. The van der Waals surface area contributed by atoms with Crippen LogP contribution >= 0.6 is 22.6 Å². The van der Waals surface area contributed by atoms with E-state index in [-0.39, 0.29) is 5.60 Å². The average molecular weight is 340 g/mol. The Balaban J connectivity index is 2.29. The zero-order chi connectivity index (χ0) is 12.0. The summed E-state index contributed by atoms with van der Waals surface area (Å²) in [6.07, 6.45) is 5.43. The molecule has 16 heavy (non-hydrogen) atoms. The highest BCUT2D eigenvalue weighted by molar-refractivity contribution is 14.1. The summed E-state index contributed by atoms with van der Waals surface area (Å²) < 4.78 is 12.7. The van der Waals surface area contributed by atoms with E-state index in [9.17, 15) is 0 Å². The fourth-order valence-corrected chi connectivity index (χ4v) is 3.36. The minimum absolute atomic E-state index is 0.137. The summed E-state index contributed by atoms with van der Waals surface area (Å²) >= 11 is 2.47. The third kappa shape index (κ3) is 4.88. The van der Waals surface area contributed by atoms with Crippen LogP contribution in [0.3, 0.4) is 0 Å². The van der Waals surface area contributed by atoms with Crippen molar-refractivity contribution in [1.82, 2.24) is 0 Å². The van der Waals surface area contributed by atoms with Gasteiger partial charge in [-0.2, -0.15) is 0 Å². The van der Waals surface area contributed by atoms with Gasteiger partial charge in [0.25, 0.3) is 0 Å². The van der Waals surface area contributed by atoms with E-state index in [1.165, 1.54) is 25.7 Å². The molecule has 1 aliphatic rings. The van der Waals surface area contributed by atoms with Crippen LogP contribution in [0.25, 0.3) is 0 Å². The van der Waals surface area contributed by atoms with Gasteiger partial charge in [0.1, 0.15) is 0 Å². The molecule has 0 heterocycles. The van der Waals surface area contributed by atoms with E-state index < -0.39 is 0 Å². The van der Waals surface area contributed by atoms with Crippen LogP contribution < -0.4 is 0 Å². The summed E-state index contributed by atoms with van der Waals surface area (Å²) in [6.45, 7) is 7.94. The molecular formula is C13H25IO2. The Labute approximate surface area is 114 Å². The maximum absolute atomic E-state index is 6.11. The Hall–Kier alpha value is 0.650. The van der Waals surface area contributed by atoms with E-state index in [2.05, 4.69) is 43.4 Å². The van der Waals surface area contributed by atoms with Gasteiger partial charge in [-0.15, -0.1) is 0 Å². The number of rotatable bonds is 6. The van der Waals surface area contributed by atoms with E-state index in [1.807, 2.05) is 0 Å². The SMILES string of the molecule is CC1CCCC(CI)(OCCOC(C)C)C1. The molecular weight excluding hydrogens is 315 g/mol. The minimum Gasteiger partial charge on any atom is -0.376 e. The third-order valence-electron chi connectivity index (χ3n) is 3.24. The molecule has 0 aliphatic heterocycles. The highest BCUT2D eigenvalue weighted by Gasteiger charge is 2.34. The van der Waals surface area contributed by atoms with Gasteiger partial charge in [-0.25, -0.2) is 0 Å². The first kappa shape index (κ1) is 14.7. The van der Waals surface area contributed by atoms with Crippen LogP contribution in [0.2, 0.25) is 0 Å². The van der Waals surface area contributed by atoms with E-state index in [1.54, 1.807) is 0 Å². The molecule has 1 aliphatic carbocycles. The zero-order valence-corrected chi connectivity index (χ0v) is 13.0. The van der Waals surface area contributed by atoms with Gasteiger partial charge < -0.3 is 9.47 Å². The Morgan fingerprint density at radius 3 is 2.69 bits per heavy atom. The van der Waals surface area contributed by atoms with E-state index >= 15 is 0 Å². The van der Waals surface area contributed by atoms with Crippen molar-refractivity contribution in [3.05, 3.63) is 0 Å². The molecule has 0 spiro atoms. The summed E-state index contributed by atoms with van der Waals surface area (Å²) in [7, 11) is 0. The molecule has 0 bridgehead atoms. The van der Waals surface area contributed by atoms with Gasteiger partial charge in [-0.3, -0.25) is 0 Å². The van der Waals surface area contributed by atoms with Crippen LogP contribution in [-0.4, -0.2) is 29.3 Å². The monoisotopic (exact) mass is 340 g/mol. The quantitative estimate of drug-likeness (QED) is 0.416. The average Bonchev–Trinajstić information content (AvgIpc) is 2.24. The molecule has 0 amide bonds. The number of alkyl halides is 1. The second-order valence-corrected chi connectivity index (χ2v) is 6.05. The van der Waals surface area contributed by atoms with Gasteiger partial charge in [-0.1, -0.05) is 42.4 Å². The van der Waals surface area contributed by atoms with Crippen LogP contribution in [0.5, 0.6) is 0 Å². The van der Waals surface area contributed by atoms with E-state index in [0.717, 1.165) is 23.6 Å². The van der Waals surface area contributed by atoms with Crippen molar-refractivity contribution < 1.29 is 9.47 Å². The maximum Gasteiger partial charge on any atom is 0.0775 e. The summed E-state index contributed by atoms with van der Waals surface area (Å²) in [5.41, 5.74) is 0.137. The lowest BCUT2D eigenvalue weighted by molar-refractivity contribution is -0.0858. The van der Waals surface area contributed by atoms with Crippen LogP contribution in [0.1, 0.15) is 46.5 Å². The Morgan fingerprint density at radius 2 is 2.12 bits per heavy atom. The van der Waals surface area contributed by atoms with Crippen molar-refractivity contribution in [2.45, 2.75) is 58.2 Å². The summed E-state index contributed by atoms with van der Waals surface area (Å²) in [5, 5.41) is 0. The van der Waals surface area contributed by atoms with Crippen molar-refractivity contribution in [3.63, 3.8) is 0 Å². The molecule has 0 N–H and O–H groups in total. The van der Waals surface area contributed by atoms with Gasteiger partial charge >= 0.3 is 0 Å². The molecule has 0 aromatic heterocycles. The standard InChI is InChI=1S/C13H25IO2/c1-11(2)15-7-8-16-13(10-14)6-4-5-12(3)9-13/h11-12H,4-10H2,1-3H3. The van der Waals surface area contributed by atoms with Crippen LogP contribution in [0, 0.1) is 5.92 Å². The molecule has 3 heteroatoms. The lowest BCUT2D eigenvalue weighted by atomic mass is 9.80. The zero-order valence-electron chi connectivity index (χ0n) is 10.8. The molecule has 0 aromatic carbocycles. The normalized spacial score (nSPS) is 30.9. The van der Waals surface area contributed by atoms with Gasteiger partial charge in [0.05, 0.1) is 24.9 Å². The lowest BCUT2D eigenvalue weighted by Gasteiger charge is -2.38. The topological polar surface area (TPSA) is 18.5 Å². The molecule has 1 saturated carbocycles. The lowest BCUT2D eigenvalue weighted by Crippen LogP contribution is -2.40. The summed E-state index contributed by atoms with van der Waals surface area (Å²) in [6, 6.07) is 0. The Morgan fingerprint density at radius 1 is 1.38 bits per heavy atom. The Kier molecular flexibility index (Phi) is 6.59. The molecule has 96 valence electrons. The van der Waals surface area contributed by atoms with Gasteiger partial charge in [-0.05, 0) is 32.6 Å². The predicted molar refractivity (Wildman–Crippen MR) is 76.3 cm³/mol. The second kappa shape index (κ2) is 7.17. The van der Waals surface area contributed by atoms with Gasteiger partial charge in [0, 0.05) is 4.43 Å². The fraction of sp³-hybridized carbons (Fsp3) is 1.00. The first-order valence-electron chi connectivity index (χ1n) is 6.39. The number of halogens is 1. The van der Waals surface area contributed by atoms with Crippen LogP contribution in [0.4, 0.5) is 0 Å². The molecule has 2 unspecified atom stereocenters. The smallest absolute Gasteiger partial charge is 0.0775 e.